The van der Waals surface area contributed by atoms with Gasteiger partial charge in [-0.05, 0) is 23.3 Å². The first-order valence-corrected chi connectivity index (χ1v) is 8.59. The summed E-state index contributed by atoms with van der Waals surface area (Å²) in [5, 5.41) is 0. The highest BCUT2D eigenvalue weighted by Crippen LogP contribution is 2.17. The van der Waals surface area contributed by atoms with Crippen LogP contribution in [-0.4, -0.2) is 38.8 Å². The molecule has 0 radical (unpaired) electrons. The Kier molecular flexibility index (Phi) is 5.51. The Morgan fingerprint density at radius 3 is 2.50 bits per heavy atom. The summed E-state index contributed by atoms with van der Waals surface area (Å²) in [5.41, 5.74) is 0.602. The summed E-state index contributed by atoms with van der Waals surface area (Å²) in [6, 6.07) is 8.61. The highest BCUT2D eigenvalue weighted by atomic mass is 32.2. The molecule has 0 aromatic heterocycles. The Morgan fingerprint density at radius 1 is 1.27 bits per heavy atom. The summed E-state index contributed by atoms with van der Waals surface area (Å²) >= 11 is 0. The lowest BCUT2D eigenvalue weighted by molar-refractivity contribution is -0.154. The number of hydrogen-bond donors (Lipinski definition) is 1. The smallest absolute Gasteiger partial charge is 0.329 e. The number of nitrogens with zero attached hydrogens (tertiary/aromatic N) is 1. The fourth-order valence-electron chi connectivity index (χ4n) is 2.25. The molecule has 0 aliphatic carbocycles. The molecule has 0 bridgehead atoms. The average Bonchev–Trinajstić information content (AvgIpc) is 2.53. The fraction of sp³-hybridized carbons (Fsp3) is 0.429. The number of carbonyl (C=O) groups excluding carboxylic acids is 2. The minimum atomic E-state index is -3.74. The van der Waals surface area contributed by atoms with Crippen LogP contribution in [0, 0.1) is 5.92 Å². The lowest BCUT2D eigenvalue weighted by atomic mass is 9.98. The van der Waals surface area contributed by atoms with Crippen molar-refractivity contribution in [3.05, 3.63) is 35.9 Å². The van der Waals surface area contributed by atoms with E-state index in [1.54, 1.807) is 35.2 Å². The highest BCUT2D eigenvalue weighted by Gasteiger charge is 2.27. The minimum Gasteiger partial charge on any atom is -0.356 e. The molecule has 22 heavy (non-hydrogen) atoms. The molecular weight excluding hydrogens is 308 g/mol. The molecule has 1 fully saturated rings. The van der Waals surface area contributed by atoms with Crippen molar-refractivity contribution >= 4 is 22.4 Å². The lowest BCUT2D eigenvalue weighted by Crippen LogP contribution is -2.38. The van der Waals surface area contributed by atoms with Crippen LogP contribution in [-0.2, 0) is 30.2 Å². The van der Waals surface area contributed by atoms with E-state index in [9.17, 15) is 18.0 Å². The van der Waals surface area contributed by atoms with Crippen LogP contribution in [0.15, 0.2) is 30.3 Å². The first kappa shape index (κ1) is 16.4. The topological polar surface area (TPSA) is 92.8 Å². The molecule has 1 amide bonds. The van der Waals surface area contributed by atoms with Gasteiger partial charge in [0, 0.05) is 13.1 Å². The van der Waals surface area contributed by atoms with Gasteiger partial charge in [0.15, 0.2) is 0 Å². The Morgan fingerprint density at radius 2 is 1.91 bits per heavy atom. The van der Waals surface area contributed by atoms with Crippen molar-refractivity contribution in [1.82, 2.24) is 9.79 Å². The van der Waals surface area contributed by atoms with Gasteiger partial charge in [-0.2, -0.15) is 0 Å². The van der Waals surface area contributed by atoms with Crippen molar-refractivity contribution in [3.8, 4) is 0 Å². The Bertz CT molecular complexity index is 609. The maximum Gasteiger partial charge on any atom is 0.329 e. The van der Waals surface area contributed by atoms with Crippen LogP contribution in [0.3, 0.4) is 0 Å². The van der Waals surface area contributed by atoms with E-state index in [2.05, 4.69) is 0 Å². The molecule has 1 aromatic rings. The number of carbonyl (C=O) groups is 2. The van der Waals surface area contributed by atoms with Crippen LogP contribution in [0.1, 0.15) is 18.4 Å². The molecule has 1 aliphatic rings. The van der Waals surface area contributed by atoms with Crippen LogP contribution in [0.5, 0.6) is 0 Å². The molecule has 1 saturated heterocycles. The molecule has 1 N–H and O–H groups in total. The molecule has 0 atom stereocenters. The first-order valence-electron chi connectivity index (χ1n) is 6.93. The van der Waals surface area contributed by atoms with E-state index in [-0.39, 0.29) is 5.75 Å². The second-order valence-corrected chi connectivity index (χ2v) is 6.85. The third-order valence-electron chi connectivity index (χ3n) is 3.48. The van der Waals surface area contributed by atoms with E-state index in [1.807, 2.05) is 4.89 Å². The Balaban J connectivity index is 1.81. The van der Waals surface area contributed by atoms with Gasteiger partial charge in [-0.25, -0.2) is 8.42 Å². The van der Waals surface area contributed by atoms with Crippen molar-refractivity contribution < 1.29 is 22.8 Å². The molecule has 120 valence electrons. The molecule has 0 unspecified atom stereocenters. The van der Waals surface area contributed by atoms with Gasteiger partial charge in [0.25, 0.3) is 0 Å². The number of rotatable bonds is 6. The maximum absolute atomic E-state index is 11.8. The zero-order valence-corrected chi connectivity index (χ0v) is 12.8. The number of piperidine rings is 1. The third kappa shape index (κ3) is 4.81. The van der Waals surface area contributed by atoms with Crippen LogP contribution >= 0.6 is 0 Å². The normalized spacial score (nSPS) is 16.3. The van der Waals surface area contributed by atoms with E-state index in [1.165, 1.54) is 0 Å². The number of likely N-dealkylation sites (tertiary alicyclic amines) is 1. The van der Waals surface area contributed by atoms with Gasteiger partial charge in [0.1, 0.15) is 0 Å². The number of hydrogen-bond acceptors (Lipinski definition) is 5. The summed E-state index contributed by atoms with van der Waals surface area (Å²) in [5.74, 6) is -1.26. The van der Waals surface area contributed by atoms with Crippen molar-refractivity contribution in [2.45, 2.75) is 18.6 Å². The van der Waals surface area contributed by atoms with E-state index in [0.717, 1.165) is 6.41 Å². The summed E-state index contributed by atoms with van der Waals surface area (Å²) < 4.78 is 23.7. The predicted molar refractivity (Wildman–Crippen MR) is 78.7 cm³/mol. The molecule has 0 spiro atoms. The Labute approximate surface area is 129 Å². The number of nitrogens with one attached hydrogen (secondary N) is 1. The van der Waals surface area contributed by atoms with Crippen molar-refractivity contribution in [2.24, 2.45) is 5.92 Å². The van der Waals surface area contributed by atoms with Crippen LogP contribution < -0.4 is 4.89 Å². The van der Waals surface area contributed by atoms with E-state index in [0.29, 0.717) is 31.5 Å². The van der Waals surface area contributed by atoms with Crippen LogP contribution in [0.25, 0.3) is 0 Å². The predicted octanol–water partition coefficient (Wildman–Crippen LogP) is 0.433. The summed E-state index contributed by atoms with van der Waals surface area (Å²) in [4.78, 5) is 30.6. The molecule has 7 nitrogen and oxygen atoms in total. The average molecular weight is 326 g/mol. The fourth-order valence-corrected chi connectivity index (χ4v) is 3.15. The quantitative estimate of drug-likeness (QED) is 0.604. The molecule has 8 heteroatoms. The summed E-state index contributed by atoms with van der Waals surface area (Å²) in [6.07, 6.45) is 1.68. The zero-order chi connectivity index (χ0) is 16.0. The van der Waals surface area contributed by atoms with Gasteiger partial charge < -0.3 is 9.74 Å². The van der Waals surface area contributed by atoms with E-state index in [4.69, 9.17) is 4.84 Å². The number of amides is 1. The largest absolute Gasteiger partial charge is 0.356 e. The zero-order valence-electron chi connectivity index (χ0n) is 12.0. The van der Waals surface area contributed by atoms with Gasteiger partial charge in [-0.1, -0.05) is 30.3 Å². The summed E-state index contributed by atoms with van der Waals surface area (Å²) in [7, 11) is -3.74. The molecule has 0 saturated carbocycles. The maximum atomic E-state index is 11.8. The van der Waals surface area contributed by atoms with Crippen LogP contribution in [0.4, 0.5) is 0 Å². The number of benzene rings is 1. The van der Waals surface area contributed by atoms with Gasteiger partial charge in [-0.3, -0.25) is 9.59 Å². The third-order valence-corrected chi connectivity index (χ3v) is 4.53. The SMILES string of the molecule is O=CN1CCC(C(=O)ONS(=O)(=O)Cc2ccccc2)CC1. The highest BCUT2D eigenvalue weighted by molar-refractivity contribution is 7.88. The standard InChI is InChI=1S/C14H18N2O5S/c17-11-16-8-6-13(7-9-16)14(18)21-15-22(19,20)10-12-4-2-1-3-5-12/h1-5,11,13,15H,6-10H2. The molecule has 1 aliphatic heterocycles. The molecule has 2 rings (SSSR count). The van der Waals surface area contributed by atoms with Gasteiger partial charge in [0.05, 0.1) is 11.7 Å². The Hall–Kier alpha value is -1.93. The van der Waals surface area contributed by atoms with Crippen LogP contribution in [0.2, 0.25) is 0 Å². The minimum absolute atomic E-state index is 0.259. The van der Waals surface area contributed by atoms with Gasteiger partial charge >= 0.3 is 5.97 Å². The van der Waals surface area contributed by atoms with Gasteiger partial charge in [0.2, 0.25) is 16.4 Å². The molecule has 1 aromatic carbocycles. The number of sulfonamides is 1. The first-order chi connectivity index (χ1) is 10.5. The van der Waals surface area contributed by atoms with E-state index < -0.39 is 21.9 Å². The van der Waals surface area contributed by atoms with E-state index >= 15 is 0 Å². The van der Waals surface area contributed by atoms with Crippen molar-refractivity contribution in [3.63, 3.8) is 0 Å². The summed E-state index contributed by atoms with van der Waals surface area (Å²) in [6.45, 7) is 0.945. The second kappa shape index (κ2) is 7.37. The lowest BCUT2D eigenvalue weighted by Gasteiger charge is -2.27. The van der Waals surface area contributed by atoms with Crippen molar-refractivity contribution in [2.75, 3.05) is 13.1 Å². The van der Waals surface area contributed by atoms with Gasteiger partial charge in [-0.15, -0.1) is 0 Å². The second-order valence-electron chi connectivity index (χ2n) is 5.16. The monoisotopic (exact) mass is 326 g/mol. The molecule has 1 heterocycles. The van der Waals surface area contributed by atoms with Crippen molar-refractivity contribution in [1.29, 1.82) is 0 Å². The molecular formula is C14H18N2O5S.